The Morgan fingerprint density at radius 3 is 1.93 bits per heavy atom. The van der Waals surface area contributed by atoms with Gasteiger partial charge in [-0.2, -0.15) is 0 Å². The second kappa shape index (κ2) is 10.7. The van der Waals surface area contributed by atoms with Gasteiger partial charge in [-0.25, -0.2) is 9.78 Å². The van der Waals surface area contributed by atoms with Crippen LogP contribution in [0.15, 0.2) is 14.7 Å². The van der Waals surface area contributed by atoms with Crippen molar-refractivity contribution in [3.8, 4) is 0 Å². The Labute approximate surface area is 166 Å². The average molecular weight is 395 g/mol. The largest absolute Gasteiger partial charge is 0.332 e. The molecular weight excluding hydrogens is 360 g/mol. The summed E-state index contributed by atoms with van der Waals surface area (Å²) in [7, 11) is 5.02. The van der Waals surface area contributed by atoms with Gasteiger partial charge in [0.25, 0.3) is 5.56 Å². The minimum Gasteiger partial charge on any atom is -0.316 e. The Balaban J connectivity index is 1.77. The zero-order valence-electron chi connectivity index (χ0n) is 17.3. The predicted octanol–water partition coefficient (Wildman–Crippen LogP) is 3.98. The maximum Gasteiger partial charge on any atom is 0.332 e. The highest BCUT2D eigenvalue weighted by Crippen LogP contribution is 2.21. The van der Waals surface area contributed by atoms with Gasteiger partial charge in [-0.3, -0.25) is 13.9 Å². The molecule has 0 aliphatic heterocycles. The number of thioether (sulfide) groups is 1. The van der Waals surface area contributed by atoms with Gasteiger partial charge in [0.2, 0.25) is 0 Å². The van der Waals surface area contributed by atoms with Crippen molar-refractivity contribution in [3.05, 3.63) is 20.8 Å². The third-order valence-corrected chi connectivity index (χ3v) is 6.28. The van der Waals surface area contributed by atoms with E-state index >= 15 is 0 Å². The molecule has 7 heteroatoms. The molecular formula is C20H34N4O2S. The van der Waals surface area contributed by atoms with E-state index in [2.05, 4.69) is 11.9 Å². The molecule has 0 fully saturated rings. The third kappa shape index (κ3) is 5.50. The van der Waals surface area contributed by atoms with Crippen LogP contribution in [-0.2, 0) is 21.1 Å². The monoisotopic (exact) mass is 394 g/mol. The van der Waals surface area contributed by atoms with Crippen molar-refractivity contribution in [2.75, 3.05) is 5.75 Å². The molecule has 6 nitrogen and oxygen atoms in total. The van der Waals surface area contributed by atoms with Crippen LogP contribution in [0.5, 0.6) is 0 Å². The molecule has 2 rings (SSSR count). The molecule has 0 aliphatic rings. The van der Waals surface area contributed by atoms with Crippen molar-refractivity contribution >= 4 is 22.9 Å². The molecule has 0 amide bonds. The fraction of sp³-hybridized carbons (Fsp3) is 0.750. The second-order valence-electron chi connectivity index (χ2n) is 7.36. The molecule has 0 aromatic carbocycles. The first kappa shape index (κ1) is 21.8. The second-order valence-corrected chi connectivity index (χ2v) is 8.42. The first-order valence-electron chi connectivity index (χ1n) is 10.2. The van der Waals surface area contributed by atoms with E-state index in [4.69, 9.17) is 0 Å². The first-order chi connectivity index (χ1) is 13.0. The van der Waals surface area contributed by atoms with Crippen LogP contribution in [0.2, 0.25) is 0 Å². The highest BCUT2D eigenvalue weighted by molar-refractivity contribution is 7.99. The SMILES string of the molecule is CCCCCCCCCCCCSc1nc2c(c(=O)n(C)c(=O)n2C)n1C. The van der Waals surface area contributed by atoms with Crippen LogP contribution in [0.4, 0.5) is 0 Å². The summed E-state index contributed by atoms with van der Waals surface area (Å²) in [4.78, 5) is 29.0. The van der Waals surface area contributed by atoms with Crippen LogP contribution in [0.3, 0.4) is 0 Å². The number of rotatable bonds is 12. The molecule has 152 valence electrons. The normalized spacial score (nSPS) is 11.6. The van der Waals surface area contributed by atoms with Crippen LogP contribution in [0.25, 0.3) is 11.2 Å². The standard InChI is InChI=1S/C20H34N4O2S/c1-5-6-7-8-9-10-11-12-13-14-15-27-19-21-17-16(22(19)2)18(25)24(4)20(26)23(17)3/h5-15H2,1-4H3. The molecule has 0 N–H and O–H groups in total. The molecule has 2 aromatic rings. The summed E-state index contributed by atoms with van der Waals surface area (Å²) in [5.41, 5.74) is 0.340. The number of fused-ring (bicyclic) bond motifs is 1. The van der Waals surface area contributed by atoms with E-state index in [1.165, 1.54) is 69.4 Å². The van der Waals surface area contributed by atoms with Gasteiger partial charge < -0.3 is 4.57 Å². The quantitative estimate of drug-likeness (QED) is 0.403. The summed E-state index contributed by atoms with van der Waals surface area (Å²) < 4.78 is 4.40. The van der Waals surface area contributed by atoms with Crippen molar-refractivity contribution in [1.29, 1.82) is 0 Å². The van der Waals surface area contributed by atoms with Gasteiger partial charge in [0.05, 0.1) is 0 Å². The number of aromatic nitrogens is 4. The van der Waals surface area contributed by atoms with Crippen molar-refractivity contribution in [2.24, 2.45) is 21.1 Å². The number of unbranched alkanes of at least 4 members (excludes halogenated alkanes) is 9. The van der Waals surface area contributed by atoms with Crippen molar-refractivity contribution in [2.45, 2.75) is 76.3 Å². The highest BCUT2D eigenvalue weighted by atomic mass is 32.2. The van der Waals surface area contributed by atoms with E-state index in [-0.39, 0.29) is 11.2 Å². The van der Waals surface area contributed by atoms with Crippen LogP contribution >= 0.6 is 11.8 Å². The molecule has 27 heavy (non-hydrogen) atoms. The lowest BCUT2D eigenvalue weighted by molar-refractivity contribution is 0.563. The Hall–Kier alpha value is -1.50. The predicted molar refractivity (Wildman–Crippen MR) is 114 cm³/mol. The van der Waals surface area contributed by atoms with E-state index in [0.29, 0.717) is 11.2 Å². The lowest BCUT2D eigenvalue weighted by Gasteiger charge is -2.04. The zero-order valence-corrected chi connectivity index (χ0v) is 18.1. The van der Waals surface area contributed by atoms with Crippen LogP contribution in [-0.4, -0.2) is 24.4 Å². The lowest BCUT2D eigenvalue weighted by Crippen LogP contribution is -2.37. The number of hydrogen-bond acceptors (Lipinski definition) is 4. The topological polar surface area (TPSA) is 61.8 Å². The summed E-state index contributed by atoms with van der Waals surface area (Å²) in [6.45, 7) is 2.26. The molecule has 2 heterocycles. The summed E-state index contributed by atoms with van der Waals surface area (Å²) in [5, 5.41) is 0.805. The minimum absolute atomic E-state index is 0.283. The van der Waals surface area contributed by atoms with Gasteiger partial charge in [0, 0.05) is 26.9 Å². The van der Waals surface area contributed by atoms with Gasteiger partial charge in [0.15, 0.2) is 16.3 Å². The first-order valence-corrected chi connectivity index (χ1v) is 11.2. The lowest BCUT2D eigenvalue weighted by atomic mass is 10.1. The van der Waals surface area contributed by atoms with Gasteiger partial charge in [-0.1, -0.05) is 76.5 Å². The van der Waals surface area contributed by atoms with E-state index in [9.17, 15) is 9.59 Å². The van der Waals surface area contributed by atoms with E-state index in [1.807, 2.05) is 11.6 Å². The third-order valence-electron chi connectivity index (χ3n) is 5.16. The van der Waals surface area contributed by atoms with Crippen LogP contribution in [0.1, 0.15) is 71.1 Å². The van der Waals surface area contributed by atoms with E-state index < -0.39 is 0 Å². The molecule has 0 aliphatic carbocycles. The molecule has 0 radical (unpaired) electrons. The Morgan fingerprint density at radius 2 is 1.33 bits per heavy atom. The highest BCUT2D eigenvalue weighted by Gasteiger charge is 2.16. The summed E-state index contributed by atoms with van der Waals surface area (Å²) in [6.07, 6.45) is 13.2. The van der Waals surface area contributed by atoms with E-state index in [0.717, 1.165) is 21.9 Å². The number of imidazole rings is 1. The smallest absolute Gasteiger partial charge is 0.316 e. The number of hydrogen-bond donors (Lipinski definition) is 0. The van der Waals surface area contributed by atoms with Crippen molar-refractivity contribution in [3.63, 3.8) is 0 Å². The molecule has 0 atom stereocenters. The Bertz CT molecular complexity index is 850. The molecule has 0 spiro atoms. The molecule has 0 saturated heterocycles. The van der Waals surface area contributed by atoms with Gasteiger partial charge >= 0.3 is 5.69 Å². The van der Waals surface area contributed by atoms with Crippen LogP contribution in [0, 0.1) is 0 Å². The maximum atomic E-state index is 12.4. The summed E-state index contributed by atoms with van der Waals surface area (Å²) >= 11 is 1.67. The van der Waals surface area contributed by atoms with E-state index in [1.54, 1.807) is 18.8 Å². The summed E-state index contributed by atoms with van der Waals surface area (Å²) in [5.74, 6) is 0.988. The molecule has 0 unspecified atom stereocenters. The maximum absolute atomic E-state index is 12.4. The summed E-state index contributed by atoms with van der Waals surface area (Å²) in [6, 6.07) is 0. The number of aryl methyl sites for hydroxylation is 2. The molecule has 0 saturated carbocycles. The minimum atomic E-state index is -0.336. The molecule has 0 bridgehead atoms. The van der Waals surface area contributed by atoms with Gasteiger partial charge in [0.1, 0.15) is 0 Å². The Kier molecular flexibility index (Phi) is 8.67. The van der Waals surface area contributed by atoms with Crippen molar-refractivity contribution < 1.29 is 0 Å². The van der Waals surface area contributed by atoms with Crippen molar-refractivity contribution in [1.82, 2.24) is 18.7 Å². The molecule has 2 aromatic heterocycles. The van der Waals surface area contributed by atoms with Gasteiger partial charge in [-0.15, -0.1) is 0 Å². The average Bonchev–Trinajstić information content (AvgIpc) is 2.99. The zero-order chi connectivity index (χ0) is 19.8. The fourth-order valence-corrected chi connectivity index (χ4v) is 4.35. The van der Waals surface area contributed by atoms with Gasteiger partial charge in [-0.05, 0) is 6.42 Å². The Morgan fingerprint density at radius 1 is 0.778 bits per heavy atom. The van der Waals surface area contributed by atoms with Crippen LogP contribution < -0.4 is 11.2 Å². The number of nitrogens with zero attached hydrogens (tertiary/aromatic N) is 4. The fourth-order valence-electron chi connectivity index (χ4n) is 3.38.